The zero-order valence-electron chi connectivity index (χ0n) is 13.6. The van der Waals surface area contributed by atoms with Crippen LogP contribution in [0.5, 0.6) is 0 Å². The summed E-state index contributed by atoms with van der Waals surface area (Å²) in [4.78, 5) is 28.1. The molecular formula is C19H15ClN4O2. The van der Waals surface area contributed by atoms with E-state index in [0.717, 1.165) is 0 Å². The molecule has 0 fully saturated rings. The minimum atomic E-state index is -0.374. The molecule has 0 radical (unpaired) electrons. The summed E-state index contributed by atoms with van der Waals surface area (Å²) in [5.41, 5.74) is 2.17. The number of aromatic nitrogens is 1. The molecule has 2 aromatic carbocycles. The highest BCUT2D eigenvalue weighted by Gasteiger charge is 2.08. The Morgan fingerprint density at radius 2 is 1.42 bits per heavy atom. The third kappa shape index (κ3) is 4.81. The number of hydrogen-bond donors (Lipinski definition) is 3. The van der Waals surface area contributed by atoms with Crippen molar-refractivity contribution in [1.29, 1.82) is 0 Å². The first-order valence-corrected chi connectivity index (χ1v) is 8.14. The number of benzene rings is 2. The average Bonchev–Trinajstić information content (AvgIpc) is 2.62. The molecule has 0 atom stereocenters. The highest BCUT2D eigenvalue weighted by Crippen LogP contribution is 2.17. The van der Waals surface area contributed by atoms with E-state index in [2.05, 4.69) is 20.9 Å². The molecule has 0 aliphatic heterocycles. The van der Waals surface area contributed by atoms with E-state index in [-0.39, 0.29) is 17.1 Å². The number of pyridine rings is 1. The van der Waals surface area contributed by atoms with Gasteiger partial charge in [0, 0.05) is 28.8 Å². The van der Waals surface area contributed by atoms with Crippen molar-refractivity contribution in [3.63, 3.8) is 0 Å². The van der Waals surface area contributed by atoms with Crippen LogP contribution in [-0.2, 0) is 0 Å². The van der Waals surface area contributed by atoms with Gasteiger partial charge in [-0.05, 0) is 42.5 Å². The molecule has 1 aromatic heterocycles. The number of urea groups is 1. The lowest BCUT2D eigenvalue weighted by molar-refractivity contribution is 0.102. The Hall–Kier alpha value is -3.38. The predicted molar refractivity (Wildman–Crippen MR) is 103 cm³/mol. The summed E-state index contributed by atoms with van der Waals surface area (Å²) < 4.78 is 0. The molecule has 0 aliphatic rings. The first-order chi connectivity index (χ1) is 12.6. The fourth-order valence-corrected chi connectivity index (χ4v) is 2.41. The molecule has 0 saturated carbocycles. The zero-order chi connectivity index (χ0) is 18.4. The number of hydrogen-bond acceptors (Lipinski definition) is 3. The van der Waals surface area contributed by atoms with Crippen molar-refractivity contribution in [1.82, 2.24) is 4.98 Å². The van der Waals surface area contributed by atoms with E-state index in [1.54, 1.807) is 42.5 Å². The number of nitrogens with zero attached hydrogens (tertiary/aromatic N) is 1. The van der Waals surface area contributed by atoms with E-state index in [9.17, 15) is 9.59 Å². The Bertz CT molecular complexity index is 932. The molecule has 0 spiro atoms. The largest absolute Gasteiger partial charge is 0.323 e. The lowest BCUT2D eigenvalue weighted by Gasteiger charge is -2.10. The molecule has 3 N–H and O–H groups in total. The second-order valence-electron chi connectivity index (χ2n) is 5.35. The fourth-order valence-electron chi connectivity index (χ4n) is 2.24. The zero-order valence-corrected chi connectivity index (χ0v) is 14.3. The van der Waals surface area contributed by atoms with Crippen molar-refractivity contribution in [3.05, 3.63) is 83.6 Å². The minimum Gasteiger partial charge on any atom is -0.322 e. The van der Waals surface area contributed by atoms with Gasteiger partial charge in [-0.1, -0.05) is 35.9 Å². The molecule has 1 heterocycles. The van der Waals surface area contributed by atoms with Crippen molar-refractivity contribution < 1.29 is 9.59 Å². The van der Waals surface area contributed by atoms with Gasteiger partial charge in [0.25, 0.3) is 5.91 Å². The van der Waals surface area contributed by atoms with Gasteiger partial charge in [-0.2, -0.15) is 0 Å². The SMILES string of the molecule is O=C(Nc1ccccc1)Nc1cccc(NC(=O)c2ccnc(Cl)c2)c1. The van der Waals surface area contributed by atoms with Crippen molar-refractivity contribution in [2.45, 2.75) is 0 Å². The van der Waals surface area contributed by atoms with Crippen molar-refractivity contribution >= 4 is 40.6 Å². The van der Waals surface area contributed by atoms with Crippen LogP contribution < -0.4 is 16.0 Å². The van der Waals surface area contributed by atoms with Gasteiger partial charge in [-0.25, -0.2) is 9.78 Å². The highest BCUT2D eigenvalue weighted by atomic mass is 35.5. The van der Waals surface area contributed by atoms with E-state index in [0.29, 0.717) is 22.6 Å². The maximum atomic E-state index is 12.2. The Morgan fingerprint density at radius 3 is 2.15 bits per heavy atom. The van der Waals surface area contributed by atoms with Gasteiger partial charge in [0.05, 0.1) is 0 Å². The lowest BCUT2D eigenvalue weighted by atomic mass is 10.2. The fraction of sp³-hybridized carbons (Fsp3) is 0. The molecule has 130 valence electrons. The van der Waals surface area contributed by atoms with Crippen LogP contribution in [0, 0.1) is 0 Å². The standard InChI is InChI=1S/C19H15ClN4O2/c20-17-11-13(9-10-21-17)18(25)22-15-7-4-8-16(12-15)24-19(26)23-14-5-2-1-3-6-14/h1-12H,(H,22,25)(H2,23,24,26). The van der Waals surface area contributed by atoms with E-state index in [1.807, 2.05) is 18.2 Å². The molecule has 0 unspecified atom stereocenters. The molecule has 0 saturated heterocycles. The second-order valence-corrected chi connectivity index (χ2v) is 5.73. The summed E-state index contributed by atoms with van der Waals surface area (Å²) in [6.45, 7) is 0. The third-order valence-corrected chi connectivity index (χ3v) is 3.61. The quantitative estimate of drug-likeness (QED) is 0.588. The Kier molecular flexibility index (Phi) is 5.46. The number of carbonyl (C=O) groups excluding carboxylic acids is 2. The van der Waals surface area contributed by atoms with Crippen LogP contribution in [0.25, 0.3) is 0 Å². The predicted octanol–water partition coefficient (Wildman–Crippen LogP) is 4.63. The molecule has 0 aliphatic carbocycles. The summed E-state index contributed by atoms with van der Waals surface area (Å²) in [5, 5.41) is 8.44. The van der Waals surface area contributed by atoms with Crippen LogP contribution >= 0.6 is 11.6 Å². The third-order valence-electron chi connectivity index (χ3n) is 3.40. The summed E-state index contributed by atoms with van der Waals surface area (Å²) >= 11 is 5.80. The number of amides is 3. The van der Waals surface area contributed by atoms with Gasteiger partial charge in [-0.15, -0.1) is 0 Å². The Morgan fingerprint density at radius 1 is 0.769 bits per heavy atom. The van der Waals surface area contributed by atoms with Gasteiger partial charge >= 0.3 is 6.03 Å². The summed E-state index contributed by atoms with van der Waals surface area (Å²) in [6, 6.07) is 18.6. The summed E-state index contributed by atoms with van der Waals surface area (Å²) in [7, 11) is 0. The average molecular weight is 367 g/mol. The van der Waals surface area contributed by atoms with Crippen LogP contribution in [0.2, 0.25) is 5.15 Å². The van der Waals surface area contributed by atoms with Crippen LogP contribution in [0.1, 0.15) is 10.4 Å². The Balaban J connectivity index is 1.64. The van der Waals surface area contributed by atoms with Crippen LogP contribution in [-0.4, -0.2) is 16.9 Å². The van der Waals surface area contributed by atoms with Crippen LogP contribution in [0.4, 0.5) is 21.9 Å². The van der Waals surface area contributed by atoms with Crippen molar-refractivity contribution in [2.75, 3.05) is 16.0 Å². The van der Waals surface area contributed by atoms with Gasteiger partial charge in [0.15, 0.2) is 0 Å². The number of nitrogens with one attached hydrogen (secondary N) is 3. The molecule has 7 heteroatoms. The van der Waals surface area contributed by atoms with Crippen LogP contribution in [0.3, 0.4) is 0 Å². The Labute approximate surface area is 155 Å². The first kappa shape index (κ1) is 17.4. The highest BCUT2D eigenvalue weighted by molar-refractivity contribution is 6.29. The number of para-hydroxylation sites is 1. The monoisotopic (exact) mass is 366 g/mol. The van der Waals surface area contributed by atoms with E-state index < -0.39 is 0 Å². The topological polar surface area (TPSA) is 83.1 Å². The van der Waals surface area contributed by atoms with Gasteiger partial charge in [-0.3, -0.25) is 4.79 Å². The minimum absolute atomic E-state index is 0.241. The molecule has 3 amide bonds. The normalized spacial score (nSPS) is 10.0. The number of anilines is 3. The molecule has 3 rings (SSSR count). The molecule has 3 aromatic rings. The molecule has 26 heavy (non-hydrogen) atoms. The van der Waals surface area contributed by atoms with E-state index >= 15 is 0 Å². The summed E-state index contributed by atoms with van der Waals surface area (Å²) in [5.74, 6) is -0.319. The summed E-state index contributed by atoms with van der Waals surface area (Å²) in [6.07, 6.45) is 1.46. The van der Waals surface area contributed by atoms with Crippen molar-refractivity contribution in [2.24, 2.45) is 0 Å². The van der Waals surface area contributed by atoms with Gasteiger partial charge in [0.1, 0.15) is 5.15 Å². The van der Waals surface area contributed by atoms with Crippen LogP contribution in [0.15, 0.2) is 72.9 Å². The smallest absolute Gasteiger partial charge is 0.322 e. The number of rotatable bonds is 4. The second kappa shape index (κ2) is 8.13. The molecule has 0 bridgehead atoms. The first-order valence-electron chi connectivity index (χ1n) is 7.76. The van der Waals surface area contributed by atoms with E-state index in [4.69, 9.17) is 11.6 Å². The molecular weight excluding hydrogens is 352 g/mol. The van der Waals surface area contributed by atoms with E-state index in [1.165, 1.54) is 12.3 Å². The number of carbonyl (C=O) groups is 2. The maximum absolute atomic E-state index is 12.2. The molecule has 6 nitrogen and oxygen atoms in total. The van der Waals surface area contributed by atoms with Gasteiger partial charge < -0.3 is 16.0 Å². The van der Waals surface area contributed by atoms with Gasteiger partial charge in [0.2, 0.25) is 0 Å². The maximum Gasteiger partial charge on any atom is 0.323 e. The lowest BCUT2D eigenvalue weighted by Crippen LogP contribution is -2.19. The number of halogens is 1. The van der Waals surface area contributed by atoms with Crippen molar-refractivity contribution in [3.8, 4) is 0 Å².